The number of aromatic nitrogens is 4. The van der Waals surface area contributed by atoms with E-state index in [4.69, 9.17) is 10.5 Å². The molecule has 0 aliphatic carbocycles. The highest BCUT2D eigenvalue weighted by Crippen LogP contribution is 2.28. The van der Waals surface area contributed by atoms with Crippen LogP contribution in [0.3, 0.4) is 0 Å². The van der Waals surface area contributed by atoms with Crippen LogP contribution in [0.1, 0.15) is 24.0 Å². The van der Waals surface area contributed by atoms with Crippen molar-refractivity contribution in [2.24, 2.45) is 7.05 Å². The average molecular weight is 271 g/mol. The second kappa shape index (κ2) is 4.82. The fraction of sp³-hybridized carbons (Fsp3) is 0.273. The summed E-state index contributed by atoms with van der Waals surface area (Å²) < 4.78 is 2.52. The van der Waals surface area contributed by atoms with Gasteiger partial charge in [0.05, 0.1) is 4.92 Å². The molecule has 0 aliphatic heterocycles. The summed E-state index contributed by atoms with van der Waals surface area (Å²) in [6, 6.07) is 3.60. The second-order valence-electron chi connectivity index (χ2n) is 3.89. The Balaban J connectivity index is 2.81. The van der Waals surface area contributed by atoms with E-state index in [0.717, 1.165) is 0 Å². The number of nitrogens with zero attached hydrogens (tertiary/aromatic N) is 7. The van der Waals surface area contributed by atoms with Crippen LogP contribution in [0.2, 0.25) is 0 Å². The van der Waals surface area contributed by atoms with Crippen LogP contribution in [0, 0.1) is 32.8 Å². The van der Waals surface area contributed by atoms with E-state index in [1.807, 2.05) is 6.07 Å². The highest BCUT2D eigenvalue weighted by atomic mass is 16.6. The third kappa shape index (κ3) is 1.78. The molecule has 0 fully saturated rings. The fourth-order valence-corrected chi connectivity index (χ4v) is 1.95. The lowest BCUT2D eigenvalue weighted by Gasteiger charge is -2.03. The Morgan fingerprint density at radius 3 is 2.65 bits per heavy atom. The van der Waals surface area contributed by atoms with E-state index in [-0.39, 0.29) is 22.9 Å². The van der Waals surface area contributed by atoms with E-state index < -0.39 is 4.92 Å². The van der Waals surface area contributed by atoms with Crippen LogP contribution in [0.5, 0.6) is 0 Å². The zero-order valence-electron chi connectivity index (χ0n) is 10.7. The summed E-state index contributed by atoms with van der Waals surface area (Å²) in [6.07, 6.45) is 1.59. The lowest BCUT2D eigenvalue weighted by molar-refractivity contribution is -0.385. The molecule has 0 radical (unpaired) electrons. The normalized spacial score (nSPS) is 10.0. The zero-order valence-corrected chi connectivity index (χ0v) is 10.7. The van der Waals surface area contributed by atoms with Gasteiger partial charge in [0.1, 0.15) is 24.2 Å². The van der Waals surface area contributed by atoms with Crippen molar-refractivity contribution in [1.29, 1.82) is 10.5 Å². The smallest absolute Gasteiger partial charge is 0.267 e. The van der Waals surface area contributed by atoms with Crippen molar-refractivity contribution in [2.75, 3.05) is 0 Å². The molecule has 2 aromatic rings. The summed E-state index contributed by atoms with van der Waals surface area (Å²) in [6.45, 7) is 1.75. The van der Waals surface area contributed by atoms with Gasteiger partial charge < -0.3 is 0 Å². The predicted molar refractivity (Wildman–Crippen MR) is 65.8 cm³/mol. The van der Waals surface area contributed by atoms with E-state index in [1.54, 1.807) is 13.0 Å². The quantitative estimate of drug-likeness (QED) is 0.600. The third-order valence-electron chi connectivity index (χ3n) is 2.79. The molecular weight excluding hydrogens is 262 g/mol. The molecule has 9 heteroatoms. The van der Waals surface area contributed by atoms with Crippen molar-refractivity contribution in [1.82, 2.24) is 19.3 Å². The first kappa shape index (κ1) is 13.2. The molecule has 0 bridgehead atoms. The van der Waals surface area contributed by atoms with Crippen LogP contribution < -0.4 is 0 Å². The number of aryl methyl sites for hydroxylation is 2. The molecule has 0 amide bonds. The molecular formula is C11H9N7O2. The van der Waals surface area contributed by atoms with Gasteiger partial charge in [-0.15, -0.1) is 0 Å². The van der Waals surface area contributed by atoms with Crippen LogP contribution in [0.25, 0.3) is 5.82 Å². The summed E-state index contributed by atoms with van der Waals surface area (Å²) in [5.41, 5.74) is -0.0145. The molecule has 100 valence electrons. The van der Waals surface area contributed by atoms with Gasteiger partial charge in [-0.25, -0.2) is 9.67 Å². The summed E-state index contributed by atoms with van der Waals surface area (Å²) in [5, 5.41) is 33.3. The topological polar surface area (TPSA) is 126 Å². The van der Waals surface area contributed by atoms with Crippen LogP contribution in [-0.4, -0.2) is 24.3 Å². The van der Waals surface area contributed by atoms with E-state index >= 15 is 0 Å². The van der Waals surface area contributed by atoms with E-state index in [0.29, 0.717) is 12.1 Å². The van der Waals surface area contributed by atoms with Crippen molar-refractivity contribution < 1.29 is 4.92 Å². The summed E-state index contributed by atoms with van der Waals surface area (Å²) in [7, 11) is 1.54. The summed E-state index contributed by atoms with van der Waals surface area (Å²) >= 11 is 0. The van der Waals surface area contributed by atoms with Gasteiger partial charge in [0.2, 0.25) is 5.82 Å². The van der Waals surface area contributed by atoms with Gasteiger partial charge in [0, 0.05) is 7.05 Å². The van der Waals surface area contributed by atoms with Crippen LogP contribution in [-0.2, 0) is 13.5 Å². The first-order valence-corrected chi connectivity index (χ1v) is 5.63. The number of imidazole rings is 1. The first-order chi connectivity index (χ1) is 9.54. The largest absolute Gasteiger partial charge is 0.334 e. The highest BCUT2D eigenvalue weighted by molar-refractivity contribution is 5.55. The van der Waals surface area contributed by atoms with E-state index in [9.17, 15) is 10.1 Å². The molecule has 0 unspecified atom stereocenters. The number of rotatable bonds is 3. The van der Waals surface area contributed by atoms with Gasteiger partial charge in [-0.1, -0.05) is 6.92 Å². The molecule has 0 saturated carbocycles. The monoisotopic (exact) mass is 271 g/mol. The number of hydrogen-bond donors (Lipinski definition) is 0. The molecule has 0 atom stereocenters. The Morgan fingerprint density at radius 2 is 2.15 bits per heavy atom. The van der Waals surface area contributed by atoms with Gasteiger partial charge in [-0.3, -0.25) is 14.7 Å². The second-order valence-corrected chi connectivity index (χ2v) is 3.89. The molecule has 0 saturated heterocycles. The Bertz CT molecular complexity index is 772. The van der Waals surface area contributed by atoms with E-state index in [2.05, 4.69) is 10.1 Å². The van der Waals surface area contributed by atoms with Gasteiger partial charge in [-0.2, -0.15) is 15.6 Å². The molecule has 20 heavy (non-hydrogen) atoms. The summed E-state index contributed by atoms with van der Waals surface area (Å²) in [5.74, 6) is 0.109. The minimum absolute atomic E-state index is 0.0544. The lowest BCUT2D eigenvalue weighted by atomic mass is 10.3. The van der Waals surface area contributed by atoms with Crippen LogP contribution in [0.15, 0.2) is 6.33 Å². The third-order valence-corrected chi connectivity index (χ3v) is 2.79. The number of nitriles is 2. The van der Waals surface area contributed by atoms with Crippen molar-refractivity contribution >= 4 is 5.69 Å². The Labute approximate surface area is 113 Å². The van der Waals surface area contributed by atoms with Gasteiger partial charge in [0.25, 0.3) is 0 Å². The maximum absolute atomic E-state index is 11.2. The number of hydrogen-bond acceptors (Lipinski definition) is 6. The van der Waals surface area contributed by atoms with Crippen LogP contribution in [0.4, 0.5) is 5.69 Å². The van der Waals surface area contributed by atoms with Crippen molar-refractivity contribution in [3.63, 3.8) is 0 Å². The lowest BCUT2D eigenvalue weighted by Crippen LogP contribution is -2.06. The molecule has 2 heterocycles. The van der Waals surface area contributed by atoms with Gasteiger partial charge in [-0.05, 0) is 6.42 Å². The molecule has 0 spiro atoms. The minimum Gasteiger partial charge on any atom is -0.267 e. The summed E-state index contributed by atoms with van der Waals surface area (Å²) in [4.78, 5) is 14.5. The molecule has 0 aromatic carbocycles. The maximum atomic E-state index is 11.2. The Kier molecular flexibility index (Phi) is 3.19. The van der Waals surface area contributed by atoms with E-state index in [1.165, 1.54) is 22.6 Å². The van der Waals surface area contributed by atoms with Gasteiger partial charge in [0.15, 0.2) is 11.4 Å². The fourth-order valence-electron chi connectivity index (χ4n) is 1.95. The molecule has 9 nitrogen and oxygen atoms in total. The molecule has 0 N–H and O–H groups in total. The first-order valence-electron chi connectivity index (χ1n) is 5.63. The van der Waals surface area contributed by atoms with Crippen molar-refractivity contribution in [2.45, 2.75) is 13.3 Å². The maximum Gasteiger partial charge on any atom is 0.334 e. The van der Waals surface area contributed by atoms with Crippen LogP contribution >= 0.6 is 0 Å². The molecule has 2 rings (SSSR count). The average Bonchev–Trinajstić information content (AvgIpc) is 2.97. The Morgan fingerprint density at radius 1 is 1.45 bits per heavy atom. The Hall–Kier alpha value is -3.20. The van der Waals surface area contributed by atoms with Gasteiger partial charge >= 0.3 is 5.69 Å². The predicted octanol–water partition coefficient (Wildman–Crippen LogP) is 0.820. The number of nitro groups is 1. The minimum atomic E-state index is -0.547. The SMILES string of the molecule is CCc1nn(C)c(-n2cnc(C#N)c2C#N)c1[N+](=O)[O-]. The zero-order chi connectivity index (χ0) is 14.9. The standard InChI is InChI=1S/C11H9N7O2/c1-3-7-10(18(19)20)11(16(2)15-7)17-6-14-8(4-12)9(17)5-13/h6H,3H2,1-2H3. The van der Waals surface area contributed by atoms with Crippen molar-refractivity contribution in [3.05, 3.63) is 33.5 Å². The highest BCUT2D eigenvalue weighted by Gasteiger charge is 2.29. The van der Waals surface area contributed by atoms with Crippen molar-refractivity contribution in [3.8, 4) is 18.0 Å². The molecule has 0 aliphatic rings. The molecule has 2 aromatic heterocycles.